The number of hydrogen-bond donors (Lipinski definition) is 1. The summed E-state index contributed by atoms with van der Waals surface area (Å²) in [5, 5.41) is 22.1. The summed E-state index contributed by atoms with van der Waals surface area (Å²) in [6.07, 6.45) is 1.64. The van der Waals surface area contributed by atoms with Gasteiger partial charge in [0.15, 0.2) is 0 Å². The zero-order chi connectivity index (χ0) is 14.7. The SMILES string of the molecule is Cc1c(CNC(C)c2nncn2C)cccc1[N+](=O)[O-]. The summed E-state index contributed by atoms with van der Waals surface area (Å²) in [7, 11) is 1.88. The zero-order valence-corrected chi connectivity index (χ0v) is 11.7. The molecular formula is C13H17N5O2. The van der Waals surface area contributed by atoms with Crippen LogP contribution in [0.25, 0.3) is 0 Å². The summed E-state index contributed by atoms with van der Waals surface area (Å²) >= 11 is 0. The van der Waals surface area contributed by atoms with Crippen LogP contribution in [0.4, 0.5) is 5.69 Å². The summed E-state index contributed by atoms with van der Waals surface area (Å²) in [4.78, 5) is 10.6. The second-order valence-corrected chi connectivity index (χ2v) is 4.72. The van der Waals surface area contributed by atoms with Gasteiger partial charge >= 0.3 is 0 Å². The number of benzene rings is 1. The quantitative estimate of drug-likeness (QED) is 0.665. The Balaban J connectivity index is 2.10. The number of nitrogens with one attached hydrogen (secondary N) is 1. The lowest BCUT2D eigenvalue weighted by atomic mass is 10.1. The van der Waals surface area contributed by atoms with Crippen LogP contribution in [0, 0.1) is 17.0 Å². The molecule has 0 bridgehead atoms. The van der Waals surface area contributed by atoms with Crippen molar-refractivity contribution in [3.05, 3.63) is 51.6 Å². The summed E-state index contributed by atoms with van der Waals surface area (Å²) in [6.45, 7) is 4.29. The zero-order valence-electron chi connectivity index (χ0n) is 11.7. The molecule has 1 heterocycles. The first kappa shape index (κ1) is 14.1. The molecule has 1 aromatic carbocycles. The van der Waals surface area contributed by atoms with Gasteiger partial charge in [-0.3, -0.25) is 10.1 Å². The Labute approximate surface area is 116 Å². The molecule has 106 valence electrons. The van der Waals surface area contributed by atoms with E-state index in [1.807, 2.05) is 24.6 Å². The van der Waals surface area contributed by atoms with E-state index in [4.69, 9.17) is 0 Å². The molecule has 0 aliphatic heterocycles. The average molecular weight is 275 g/mol. The molecule has 2 rings (SSSR count). The number of rotatable bonds is 5. The highest BCUT2D eigenvalue weighted by atomic mass is 16.6. The number of nitrogens with zero attached hydrogens (tertiary/aromatic N) is 4. The highest BCUT2D eigenvalue weighted by molar-refractivity contribution is 5.44. The molecule has 0 aliphatic carbocycles. The Hall–Kier alpha value is -2.28. The van der Waals surface area contributed by atoms with E-state index < -0.39 is 0 Å². The van der Waals surface area contributed by atoms with Crippen LogP contribution in [0.3, 0.4) is 0 Å². The van der Waals surface area contributed by atoms with Crippen molar-refractivity contribution in [1.29, 1.82) is 0 Å². The maximum absolute atomic E-state index is 10.9. The Morgan fingerprint density at radius 1 is 1.50 bits per heavy atom. The van der Waals surface area contributed by atoms with Gasteiger partial charge in [0.2, 0.25) is 0 Å². The highest BCUT2D eigenvalue weighted by Gasteiger charge is 2.15. The third-order valence-electron chi connectivity index (χ3n) is 3.35. The van der Waals surface area contributed by atoms with Gasteiger partial charge in [0, 0.05) is 25.2 Å². The predicted octanol–water partition coefficient (Wildman–Crippen LogP) is 1.88. The number of hydrogen-bond acceptors (Lipinski definition) is 5. The Morgan fingerprint density at radius 3 is 2.85 bits per heavy atom. The van der Waals surface area contributed by atoms with Gasteiger partial charge in [-0.1, -0.05) is 12.1 Å². The molecule has 1 unspecified atom stereocenters. The molecule has 0 fully saturated rings. The molecule has 0 saturated carbocycles. The summed E-state index contributed by atoms with van der Waals surface area (Å²) in [5.74, 6) is 0.827. The van der Waals surface area contributed by atoms with Crippen LogP contribution in [-0.4, -0.2) is 19.7 Å². The van der Waals surface area contributed by atoms with Gasteiger partial charge in [-0.15, -0.1) is 10.2 Å². The fraction of sp³-hybridized carbons (Fsp3) is 0.385. The predicted molar refractivity (Wildman–Crippen MR) is 74.1 cm³/mol. The van der Waals surface area contributed by atoms with Crippen molar-refractivity contribution in [3.8, 4) is 0 Å². The lowest BCUT2D eigenvalue weighted by Crippen LogP contribution is -2.21. The molecule has 0 radical (unpaired) electrons. The highest BCUT2D eigenvalue weighted by Crippen LogP contribution is 2.21. The molecule has 20 heavy (non-hydrogen) atoms. The van der Waals surface area contributed by atoms with Crippen molar-refractivity contribution in [2.75, 3.05) is 0 Å². The van der Waals surface area contributed by atoms with Crippen LogP contribution < -0.4 is 5.32 Å². The van der Waals surface area contributed by atoms with E-state index in [1.165, 1.54) is 6.07 Å². The van der Waals surface area contributed by atoms with Crippen molar-refractivity contribution in [2.24, 2.45) is 7.05 Å². The van der Waals surface area contributed by atoms with Gasteiger partial charge in [-0.25, -0.2) is 0 Å². The minimum absolute atomic E-state index is 0.0150. The Bertz CT molecular complexity index is 623. The van der Waals surface area contributed by atoms with Crippen LogP contribution in [0.5, 0.6) is 0 Å². The van der Waals surface area contributed by atoms with Gasteiger partial charge in [0.1, 0.15) is 12.2 Å². The minimum Gasteiger partial charge on any atom is -0.319 e. The van der Waals surface area contributed by atoms with Crippen LogP contribution in [0.2, 0.25) is 0 Å². The van der Waals surface area contributed by atoms with Gasteiger partial charge in [0.25, 0.3) is 5.69 Å². The van der Waals surface area contributed by atoms with Crippen molar-refractivity contribution in [2.45, 2.75) is 26.4 Å². The maximum Gasteiger partial charge on any atom is 0.272 e. The number of aryl methyl sites for hydroxylation is 1. The fourth-order valence-electron chi connectivity index (χ4n) is 2.10. The summed E-state index contributed by atoms with van der Waals surface area (Å²) in [6, 6.07) is 5.12. The molecule has 1 aromatic heterocycles. The largest absolute Gasteiger partial charge is 0.319 e. The number of aromatic nitrogens is 3. The average Bonchev–Trinajstić information content (AvgIpc) is 2.83. The van der Waals surface area contributed by atoms with Gasteiger partial charge < -0.3 is 9.88 Å². The first-order valence-corrected chi connectivity index (χ1v) is 6.31. The third kappa shape index (κ3) is 2.83. The van der Waals surface area contributed by atoms with E-state index >= 15 is 0 Å². The van der Waals surface area contributed by atoms with Crippen LogP contribution in [0.1, 0.15) is 29.9 Å². The normalized spacial score (nSPS) is 12.3. The van der Waals surface area contributed by atoms with Crippen molar-refractivity contribution in [3.63, 3.8) is 0 Å². The molecule has 1 atom stereocenters. The second kappa shape index (κ2) is 5.79. The first-order valence-electron chi connectivity index (χ1n) is 6.31. The van der Waals surface area contributed by atoms with Gasteiger partial charge in [-0.2, -0.15) is 0 Å². The fourth-order valence-corrected chi connectivity index (χ4v) is 2.10. The molecule has 2 aromatic rings. The number of nitro groups is 1. The van der Waals surface area contributed by atoms with E-state index in [2.05, 4.69) is 15.5 Å². The summed E-state index contributed by atoms with van der Waals surface area (Å²) in [5.41, 5.74) is 1.75. The molecule has 1 N–H and O–H groups in total. The van der Waals surface area contributed by atoms with E-state index in [1.54, 1.807) is 19.3 Å². The van der Waals surface area contributed by atoms with Crippen molar-refractivity contribution >= 4 is 5.69 Å². The first-order chi connectivity index (χ1) is 9.50. The minimum atomic E-state index is -0.356. The Kier molecular flexibility index (Phi) is 4.09. The van der Waals surface area contributed by atoms with E-state index in [9.17, 15) is 10.1 Å². The molecule has 0 amide bonds. The molecule has 0 saturated heterocycles. The van der Waals surface area contributed by atoms with E-state index in [-0.39, 0.29) is 16.7 Å². The standard InChI is InChI=1S/C13H17N5O2/c1-9-11(5-4-6-12(9)18(19)20)7-14-10(2)13-16-15-8-17(13)3/h4-6,8,10,14H,7H2,1-3H3. The smallest absolute Gasteiger partial charge is 0.272 e. The molecular weight excluding hydrogens is 258 g/mol. The van der Waals surface area contributed by atoms with Crippen molar-refractivity contribution in [1.82, 2.24) is 20.1 Å². The number of nitro benzene ring substituents is 1. The van der Waals surface area contributed by atoms with Crippen molar-refractivity contribution < 1.29 is 4.92 Å². The lowest BCUT2D eigenvalue weighted by molar-refractivity contribution is -0.385. The maximum atomic E-state index is 10.9. The topological polar surface area (TPSA) is 85.9 Å². The molecule has 0 aliphatic rings. The van der Waals surface area contributed by atoms with Crippen LogP contribution in [0.15, 0.2) is 24.5 Å². The Morgan fingerprint density at radius 2 is 2.25 bits per heavy atom. The molecule has 7 nitrogen and oxygen atoms in total. The summed E-state index contributed by atoms with van der Waals surface area (Å²) < 4.78 is 1.85. The van der Waals surface area contributed by atoms with Gasteiger partial charge in [0.05, 0.1) is 11.0 Å². The lowest BCUT2D eigenvalue weighted by Gasteiger charge is -2.14. The second-order valence-electron chi connectivity index (χ2n) is 4.72. The monoisotopic (exact) mass is 275 g/mol. The molecule has 0 spiro atoms. The van der Waals surface area contributed by atoms with Crippen LogP contribution in [-0.2, 0) is 13.6 Å². The van der Waals surface area contributed by atoms with E-state index in [0.29, 0.717) is 12.1 Å². The van der Waals surface area contributed by atoms with Crippen LogP contribution >= 0.6 is 0 Å². The third-order valence-corrected chi connectivity index (χ3v) is 3.35. The molecule has 7 heteroatoms. The van der Waals surface area contributed by atoms with Gasteiger partial charge in [-0.05, 0) is 19.4 Å². The van der Waals surface area contributed by atoms with E-state index in [0.717, 1.165) is 11.4 Å².